The molecule has 0 radical (unpaired) electrons. The van der Waals surface area contributed by atoms with E-state index in [2.05, 4.69) is 46.4 Å². The van der Waals surface area contributed by atoms with Gasteiger partial charge in [0.15, 0.2) is 0 Å². The second-order valence-electron chi connectivity index (χ2n) is 4.53. The van der Waals surface area contributed by atoms with Crippen molar-refractivity contribution in [2.45, 2.75) is 60.8 Å². The van der Waals surface area contributed by atoms with E-state index >= 15 is 0 Å². The van der Waals surface area contributed by atoms with Crippen LogP contribution in [0.5, 0.6) is 0 Å². The zero-order chi connectivity index (χ0) is 11.8. The van der Waals surface area contributed by atoms with Gasteiger partial charge in [-0.2, -0.15) is 0 Å². The van der Waals surface area contributed by atoms with Crippen LogP contribution in [0.1, 0.15) is 60.8 Å². The molecule has 0 aliphatic rings. The SMILES string of the molecule is CCC(CC(C)C)=C(CC)N(CC)CC. The van der Waals surface area contributed by atoms with Crippen LogP contribution in [0.4, 0.5) is 0 Å². The smallest absolute Gasteiger partial charge is 0.0146 e. The minimum Gasteiger partial charge on any atom is -0.375 e. The maximum absolute atomic E-state index is 2.52. The molecule has 0 amide bonds. The Labute approximate surface area is 96.6 Å². The number of hydrogen-bond acceptors (Lipinski definition) is 1. The van der Waals surface area contributed by atoms with Crippen LogP contribution >= 0.6 is 0 Å². The quantitative estimate of drug-likeness (QED) is 0.601. The average molecular weight is 211 g/mol. The first-order valence-electron chi connectivity index (χ1n) is 6.56. The molecular formula is C14H29N. The number of nitrogens with zero attached hydrogens (tertiary/aromatic N) is 1. The van der Waals surface area contributed by atoms with Gasteiger partial charge < -0.3 is 4.90 Å². The van der Waals surface area contributed by atoms with E-state index < -0.39 is 0 Å². The number of hydrogen-bond donors (Lipinski definition) is 0. The molecule has 0 saturated heterocycles. The second kappa shape index (κ2) is 7.78. The zero-order valence-electron chi connectivity index (χ0n) is 11.6. The predicted molar refractivity (Wildman–Crippen MR) is 70.0 cm³/mol. The summed E-state index contributed by atoms with van der Waals surface area (Å²) in [7, 11) is 0. The third kappa shape index (κ3) is 4.72. The van der Waals surface area contributed by atoms with Crippen molar-refractivity contribution in [3.05, 3.63) is 11.3 Å². The Morgan fingerprint density at radius 2 is 1.47 bits per heavy atom. The lowest BCUT2D eigenvalue weighted by Gasteiger charge is -2.27. The van der Waals surface area contributed by atoms with Crippen molar-refractivity contribution in [3.63, 3.8) is 0 Å². The van der Waals surface area contributed by atoms with Crippen molar-refractivity contribution in [2.24, 2.45) is 5.92 Å². The molecule has 1 nitrogen and oxygen atoms in total. The van der Waals surface area contributed by atoms with Crippen LogP contribution in [0, 0.1) is 5.92 Å². The molecule has 0 aliphatic carbocycles. The minimum absolute atomic E-state index is 0.775. The molecule has 0 saturated carbocycles. The Morgan fingerprint density at radius 3 is 1.73 bits per heavy atom. The van der Waals surface area contributed by atoms with Gasteiger partial charge in [-0.3, -0.25) is 0 Å². The molecule has 0 rings (SSSR count). The van der Waals surface area contributed by atoms with E-state index in [1.54, 1.807) is 11.3 Å². The molecule has 90 valence electrons. The maximum Gasteiger partial charge on any atom is 0.0146 e. The first-order valence-corrected chi connectivity index (χ1v) is 6.56. The van der Waals surface area contributed by atoms with E-state index in [-0.39, 0.29) is 0 Å². The summed E-state index contributed by atoms with van der Waals surface area (Å²) in [6, 6.07) is 0. The first kappa shape index (κ1) is 14.5. The van der Waals surface area contributed by atoms with E-state index in [9.17, 15) is 0 Å². The molecule has 0 fully saturated rings. The standard InChI is InChI=1S/C14H29N/c1-7-13(11-12(5)6)14(8-2)15(9-3)10-4/h12H,7-11H2,1-6H3. The average Bonchev–Trinajstić information content (AvgIpc) is 2.22. The summed E-state index contributed by atoms with van der Waals surface area (Å²) in [5.74, 6) is 0.775. The Bertz CT molecular complexity index is 188. The van der Waals surface area contributed by atoms with Gasteiger partial charge in [-0.25, -0.2) is 0 Å². The van der Waals surface area contributed by atoms with Crippen LogP contribution in [-0.4, -0.2) is 18.0 Å². The van der Waals surface area contributed by atoms with Crippen LogP contribution in [0.25, 0.3) is 0 Å². The van der Waals surface area contributed by atoms with Crippen molar-refractivity contribution in [1.82, 2.24) is 4.90 Å². The number of allylic oxidation sites excluding steroid dienone is 2. The lowest BCUT2D eigenvalue weighted by Crippen LogP contribution is -2.23. The normalized spacial score (nSPS) is 13.0. The third-order valence-electron chi connectivity index (χ3n) is 2.97. The highest BCUT2D eigenvalue weighted by atomic mass is 15.1. The van der Waals surface area contributed by atoms with E-state index in [0.29, 0.717) is 0 Å². The Kier molecular flexibility index (Phi) is 7.54. The van der Waals surface area contributed by atoms with Gasteiger partial charge in [-0.05, 0) is 39.0 Å². The molecule has 0 aliphatic heterocycles. The van der Waals surface area contributed by atoms with Gasteiger partial charge in [0.2, 0.25) is 0 Å². The molecule has 0 bridgehead atoms. The molecule has 0 heterocycles. The van der Waals surface area contributed by atoms with E-state index in [0.717, 1.165) is 19.0 Å². The van der Waals surface area contributed by atoms with Crippen molar-refractivity contribution in [3.8, 4) is 0 Å². The van der Waals surface area contributed by atoms with E-state index in [1.807, 2.05) is 0 Å². The monoisotopic (exact) mass is 211 g/mol. The molecule has 0 aromatic rings. The van der Waals surface area contributed by atoms with Gasteiger partial charge in [-0.15, -0.1) is 0 Å². The third-order valence-corrected chi connectivity index (χ3v) is 2.97. The van der Waals surface area contributed by atoms with Crippen LogP contribution in [-0.2, 0) is 0 Å². The second-order valence-corrected chi connectivity index (χ2v) is 4.53. The first-order chi connectivity index (χ1) is 7.10. The fraction of sp³-hybridized carbons (Fsp3) is 0.857. The lowest BCUT2D eigenvalue weighted by atomic mass is 9.97. The summed E-state index contributed by atoms with van der Waals surface area (Å²) < 4.78 is 0. The summed E-state index contributed by atoms with van der Waals surface area (Å²) in [5.41, 5.74) is 3.26. The predicted octanol–water partition coefficient (Wildman–Crippen LogP) is 4.45. The highest BCUT2D eigenvalue weighted by Gasteiger charge is 2.10. The summed E-state index contributed by atoms with van der Waals surface area (Å²) >= 11 is 0. The van der Waals surface area contributed by atoms with Crippen LogP contribution in [0.2, 0.25) is 0 Å². The zero-order valence-corrected chi connectivity index (χ0v) is 11.6. The highest BCUT2D eigenvalue weighted by Crippen LogP contribution is 2.23. The molecule has 0 atom stereocenters. The fourth-order valence-corrected chi connectivity index (χ4v) is 2.26. The molecule has 0 spiro atoms. The topological polar surface area (TPSA) is 3.24 Å². The molecule has 0 aromatic heterocycles. The van der Waals surface area contributed by atoms with Crippen LogP contribution < -0.4 is 0 Å². The minimum atomic E-state index is 0.775. The molecule has 0 N–H and O–H groups in total. The summed E-state index contributed by atoms with van der Waals surface area (Å²) in [4.78, 5) is 2.52. The van der Waals surface area contributed by atoms with Gasteiger partial charge in [0.1, 0.15) is 0 Å². The summed E-state index contributed by atoms with van der Waals surface area (Å²) in [6.45, 7) is 16.0. The summed E-state index contributed by atoms with van der Waals surface area (Å²) in [5, 5.41) is 0. The Hall–Kier alpha value is -0.460. The molecule has 0 aromatic carbocycles. The number of rotatable bonds is 7. The molecular weight excluding hydrogens is 182 g/mol. The van der Waals surface area contributed by atoms with E-state index in [4.69, 9.17) is 0 Å². The van der Waals surface area contributed by atoms with Gasteiger partial charge in [0.25, 0.3) is 0 Å². The lowest BCUT2D eigenvalue weighted by molar-refractivity contribution is 0.361. The largest absolute Gasteiger partial charge is 0.375 e. The highest BCUT2D eigenvalue weighted by molar-refractivity contribution is 5.13. The molecule has 15 heavy (non-hydrogen) atoms. The Balaban J connectivity index is 4.86. The van der Waals surface area contributed by atoms with Crippen LogP contribution in [0.3, 0.4) is 0 Å². The van der Waals surface area contributed by atoms with Crippen molar-refractivity contribution in [2.75, 3.05) is 13.1 Å². The van der Waals surface area contributed by atoms with Crippen molar-refractivity contribution in [1.29, 1.82) is 0 Å². The molecule has 1 heteroatoms. The Morgan fingerprint density at radius 1 is 0.933 bits per heavy atom. The van der Waals surface area contributed by atoms with Gasteiger partial charge in [0, 0.05) is 18.8 Å². The van der Waals surface area contributed by atoms with Gasteiger partial charge in [-0.1, -0.05) is 33.3 Å². The summed E-state index contributed by atoms with van der Waals surface area (Å²) in [6.07, 6.45) is 3.64. The van der Waals surface area contributed by atoms with Crippen LogP contribution in [0.15, 0.2) is 11.3 Å². The maximum atomic E-state index is 2.52. The van der Waals surface area contributed by atoms with Crippen molar-refractivity contribution < 1.29 is 0 Å². The molecule has 0 unspecified atom stereocenters. The van der Waals surface area contributed by atoms with Crippen molar-refractivity contribution >= 4 is 0 Å². The van der Waals surface area contributed by atoms with Gasteiger partial charge in [0.05, 0.1) is 0 Å². The van der Waals surface area contributed by atoms with Gasteiger partial charge >= 0.3 is 0 Å². The van der Waals surface area contributed by atoms with E-state index in [1.165, 1.54) is 19.3 Å². The fourth-order valence-electron chi connectivity index (χ4n) is 2.26.